The molecule has 7 nitrogen and oxygen atoms in total. The average molecular weight is 584 g/mol. The predicted molar refractivity (Wildman–Crippen MR) is 146 cm³/mol. The average Bonchev–Trinajstić information content (AvgIpc) is 3.33. The molecule has 212 valence electrons. The Kier molecular flexibility index (Phi) is 8.59. The summed E-state index contributed by atoms with van der Waals surface area (Å²) in [6.45, 7) is 5.58. The quantitative estimate of drug-likeness (QED) is 0.321. The number of carbonyl (C=O) groups excluding carboxylic acids is 2. The van der Waals surface area contributed by atoms with Gasteiger partial charge in [0, 0.05) is 43.3 Å². The molecular weight excluding hydrogens is 551 g/mol. The Morgan fingerprint density at radius 2 is 1.85 bits per heavy atom. The van der Waals surface area contributed by atoms with Crippen LogP contribution in [0, 0.1) is 23.0 Å². The first-order valence-electron chi connectivity index (χ1n) is 12.9. The van der Waals surface area contributed by atoms with Gasteiger partial charge in [-0.1, -0.05) is 56.1 Å². The van der Waals surface area contributed by atoms with Gasteiger partial charge in [-0.3, -0.25) is 9.59 Å². The van der Waals surface area contributed by atoms with Gasteiger partial charge in [0.2, 0.25) is 11.8 Å². The van der Waals surface area contributed by atoms with E-state index in [0.29, 0.717) is 18.5 Å². The standard InChI is InChI=1S/C28H33Cl2F2N3O4/c1-27(2,3)11-21-28(16-9-19(31)18(30)10-20(16)34-26(28)39)22(15-5-4-6-17(29)23(15)32)24(35-21)25(38)33-8-7-14(12-36)13-37/h4-6,9-10,14,21-22,24,35-37H,7-8,11-13H2,1-3H3,(H,33,38)(H,34,39). The lowest BCUT2D eigenvalue weighted by Gasteiger charge is -2.37. The molecule has 4 unspecified atom stereocenters. The number of amides is 2. The zero-order chi connectivity index (χ0) is 28.7. The van der Waals surface area contributed by atoms with Crippen molar-refractivity contribution in [3.63, 3.8) is 0 Å². The predicted octanol–water partition coefficient (Wildman–Crippen LogP) is 4.13. The first-order valence-corrected chi connectivity index (χ1v) is 13.6. The molecule has 5 N–H and O–H groups in total. The fourth-order valence-corrected chi connectivity index (χ4v) is 6.26. The molecule has 4 atom stereocenters. The third-order valence-electron chi connectivity index (χ3n) is 7.67. The molecule has 0 radical (unpaired) electrons. The van der Waals surface area contributed by atoms with Gasteiger partial charge in [0.15, 0.2) is 0 Å². The highest BCUT2D eigenvalue weighted by molar-refractivity contribution is 6.31. The Balaban J connectivity index is 1.90. The lowest BCUT2D eigenvalue weighted by atomic mass is 9.62. The van der Waals surface area contributed by atoms with Gasteiger partial charge in [0.25, 0.3) is 0 Å². The van der Waals surface area contributed by atoms with Crippen molar-refractivity contribution in [3.05, 3.63) is 63.1 Å². The second kappa shape index (κ2) is 11.3. The molecule has 1 fully saturated rings. The first-order chi connectivity index (χ1) is 18.3. The summed E-state index contributed by atoms with van der Waals surface area (Å²) in [5.41, 5.74) is -1.27. The highest BCUT2D eigenvalue weighted by Gasteiger charge is 2.66. The van der Waals surface area contributed by atoms with Crippen LogP contribution in [0.3, 0.4) is 0 Å². The van der Waals surface area contributed by atoms with Crippen molar-refractivity contribution in [1.29, 1.82) is 0 Å². The molecule has 0 aromatic heterocycles. The number of hydrogen-bond donors (Lipinski definition) is 5. The Morgan fingerprint density at radius 3 is 2.49 bits per heavy atom. The first kappa shape index (κ1) is 29.7. The van der Waals surface area contributed by atoms with Gasteiger partial charge >= 0.3 is 0 Å². The van der Waals surface area contributed by atoms with Crippen LogP contribution in [0.5, 0.6) is 0 Å². The Bertz CT molecular complexity index is 1270. The molecule has 39 heavy (non-hydrogen) atoms. The molecule has 0 bridgehead atoms. The minimum absolute atomic E-state index is 0.0495. The van der Waals surface area contributed by atoms with Crippen LogP contribution in [0.2, 0.25) is 10.0 Å². The zero-order valence-electron chi connectivity index (χ0n) is 22.0. The van der Waals surface area contributed by atoms with Gasteiger partial charge in [-0.05, 0) is 47.6 Å². The van der Waals surface area contributed by atoms with Crippen molar-refractivity contribution >= 4 is 40.7 Å². The number of halogens is 4. The third kappa shape index (κ3) is 5.39. The second-order valence-corrected chi connectivity index (χ2v) is 12.3. The van der Waals surface area contributed by atoms with E-state index in [-0.39, 0.29) is 46.3 Å². The van der Waals surface area contributed by atoms with Crippen LogP contribution in [0.4, 0.5) is 14.5 Å². The summed E-state index contributed by atoms with van der Waals surface area (Å²) in [7, 11) is 0. The second-order valence-electron chi connectivity index (χ2n) is 11.5. The number of hydrogen-bond acceptors (Lipinski definition) is 5. The summed E-state index contributed by atoms with van der Waals surface area (Å²) in [6.07, 6.45) is 0.703. The number of carbonyl (C=O) groups is 2. The van der Waals surface area contributed by atoms with E-state index in [0.717, 1.165) is 0 Å². The summed E-state index contributed by atoms with van der Waals surface area (Å²) >= 11 is 12.2. The number of benzene rings is 2. The molecule has 2 heterocycles. The molecule has 1 saturated heterocycles. The van der Waals surface area contributed by atoms with Crippen molar-refractivity contribution in [3.8, 4) is 0 Å². The summed E-state index contributed by atoms with van der Waals surface area (Å²) in [4.78, 5) is 27.7. The summed E-state index contributed by atoms with van der Waals surface area (Å²) in [5, 5.41) is 27.3. The highest BCUT2D eigenvalue weighted by Crippen LogP contribution is 2.57. The number of anilines is 1. The molecule has 0 aliphatic carbocycles. The molecule has 2 aromatic carbocycles. The van der Waals surface area contributed by atoms with Crippen molar-refractivity contribution < 1.29 is 28.6 Å². The topological polar surface area (TPSA) is 111 Å². The van der Waals surface area contributed by atoms with Crippen LogP contribution in [-0.2, 0) is 15.0 Å². The molecule has 0 saturated carbocycles. The smallest absolute Gasteiger partial charge is 0.237 e. The van der Waals surface area contributed by atoms with E-state index in [1.807, 2.05) is 20.8 Å². The van der Waals surface area contributed by atoms with Crippen molar-refractivity contribution in [1.82, 2.24) is 10.6 Å². The maximum absolute atomic E-state index is 15.7. The summed E-state index contributed by atoms with van der Waals surface area (Å²) < 4.78 is 30.6. The van der Waals surface area contributed by atoms with Gasteiger partial charge in [-0.2, -0.15) is 0 Å². The molecular formula is C28H33Cl2F2N3O4. The van der Waals surface area contributed by atoms with Crippen LogP contribution in [0.15, 0.2) is 30.3 Å². The van der Waals surface area contributed by atoms with Crippen LogP contribution in [0.1, 0.15) is 50.7 Å². The van der Waals surface area contributed by atoms with Crippen molar-refractivity contribution in [2.24, 2.45) is 11.3 Å². The van der Waals surface area contributed by atoms with Crippen LogP contribution in [-0.4, -0.2) is 53.9 Å². The fraction of sp³-hybridized carbons (Fsp3) is 0.500. The molecule has 4 rings (SSSR count). The number of nitrogens with one attached hydrogen (secondary N) is 3. The number of rotatable bonds is 8. The van der Waals surface area contributed by atoms with E-state index >= 15 is 4.39 Å². The minimum atomic E-state index is -1.57. The van der Waals surface area contributed by atoms with Gasteiger partial charge < -0.3 is 26.2 Å². The van der Waals surface area contributed by atoms with Gasteiger partial charge in [-0.25, -0.2) is 8.78 Å². The molecule has 2 aromatic rings. The SMILES string of the molecule is CC(C)(C)CC1NC(C(=O)NCCC(CO)CO)C(c2cccc(Cl)c2F)C12C(=O)Nc1cc(Cl)c(F)cc12. The molecule has 1 spiro atoms. The van der Waals surface area contributed by atoms with E-state index in [9.17, 15) is 24.2 Å². The van der Waals surface area contributed by atoms with E-state index < -0.39 is 52.8 Å². The Labute approximate surface area is 236 Å². The lowest BCUT2D eigenvalue weighted by Crippen LogP contribution is -2.49. The van der Waals surface area contributed by atoms with Gasteiger partial charge in [-0.15, -0.1) is 0 Å². The number of aliphatic hydroxyl groups excluding tert-OH is 2. The van der Waals surface area contributed by atoms with E-state index in [2.05, 4.69) is 16.0 Å². The van der Waals surface area contributed by atoms with Gasteiger partial charge in [0.1, 0.15) is 17.0 Å². The van der Waals surface area contributed by atoms with Crippen molar-refractivity contribution in [2.75, 3.05) is 25.1 Å². The third-order valence-corrected chi connectivity index (χ3v) is 8.25. The van der Waals surface area contributed by atoms with Gasteiger partial charge in [0.05, 0.1) is 16.1 Å². The fourth-order valence-electron chi connectivity index (χ4n) is 5.91. The normalized spacial score (nSPS) is 24.4. The molecule has 2 aliphatic heterocycles. The lowest BCUT2D eigenvalue weighted by molar-refractivity contribution is -0.124. The van der Waals surface area contributed by atoms with E-state index in [1.165, 1.54) is 24.3 Å². The molecule has 2 amide bonds. The zero-order valence-corrected chi connectivity index (χ0v) is 23.5. The molecule has 11 heteroatoms. The van der Waals surface area contributed by atoms with E-state index in [1.54, 1.807) is 6.07 Å². The minimum Gasteiger partial charge on any atom is -0.396 e. The van der Waals surface area contributed by atoms with Crippen LogP contribution in [0.25, 0.3) is 0 Å². The van der Waals surface area contributed by atoms with E-state index in [4.69, 9.17) is 23.2 Å². The van der Waals surface area contributed by atoms with Crippen LogP contribution >= 0.6 is 23.2 Å². The summed E-state index contributed by atoms with van der Waals surface area (Å²) in [5.74, 6) is -4.02. The summed E-state index contributed by atoms with van der Waals surface area (Å²) in [6, 6.07) is 5.14. The molecule has 2 aliphatic rings. The number of fused-ring (bicyclic) bond motifs is 2. The largest absolute Gasteiger partial charge is 0.396 e. The maximum Gasteiger partial charge on any atom is 0.237 e. The Morgan fingerprint density at radius 1 is 1.15 bits per heavy atom. The van der Waals surface area contributed by atoms with Crippen LogP contribution < -0.4 is 16.0 Å². The maximum atomic E-state index is 15.7. The van der Waals surface area contributed by atoms with Crippen molar-refractivity contribution in [2.45, 2.75) is 57.0 Å². The highest BCUT2D eigenvalue weighted by atomic mass is 35.5. The number of aliphatic hydroxyl groups is 2. The Hall–Kier alpha value is -2.30. The monoisotopic (exact) mass is 583 g/mol.